The highest BCUT2D eigenvalue weighted by Crippen LogP contribution is 2.35. The van der Waals surface area contributed by atoms with E-state index in [1.54, 1.807) is 24.7 Å². The van der Waals surface area contributed by atoms with Crippen LogP contribution in [0.3, 0.4) is 0 Å². The lowest BCUT2D eigenvalue weighted by atomic mass is 9.89. The first-order chi connectivity index (χ1) is 13.3. The van der Waals surface area contributed by atoms with Crippen molar-refractivity contribution >= 4 is 16.9 Å². The van der Waals surface area contributed by atoms with Gasteiger partial charge in [-0.15, -0.1) is 0 Å². The Hall–Kier alpha value is -3.22. The summed E-state index contributed by atoms with van der Waals surface area (Å²) in [4.78, 5) is 14.2. The molecule has 0 amide bonds. The van der Waals surface area contributed by atoms with Crippen molar-refractivity contribution in [1.29, 1.82) is 0 Å². The molecule has 0 atom stereocenters. The molecule has 1 saturated heterocycles. The number of aromatic nitrogens is 5. The molecule has 0 saturated carbocycles. The van der Waals surface area contributed by atoms with E-state index < -0.39 is 0 Å². The van der Waals surface area contributed by atoms with Crippen molar-refractivity contribution in [3.05, 3.63) is 60.6 Å². The van der Waals surface area contributed by atoms with E-state index in [0.717, 1.165) is 59.6 Å². The van der Waals surface area contributed by atoms with Crippen LogP contribution in [0.25, 0.3) is 22.2 Å². The molecule has 0 unspecified atom stereocenters. The van der Waals surface area contributed by atoms with E-state index in [4.69, 9.17) is 0 Å². The molecule has 1 aliphatic heterocycles. The van der Waals surface area contributed by atoms with Gasteiger partial charge in [-0.2, -0.15) is 5.10 Å². The molecule has 1 aromatic carbocycles. The van der Waals surface area contributed by atoms with Gasteiger partial charge in [0.15, 0.2) is 0 Å². The van der Waals surface area contributed by atoms with Crippen LogP contribution in [0.15, 0.2) is 49.1 Å². The molecule has 4 aromatic rings. The van der Waals surface area contributed by atoms with E-state index in [-0.39, 0.29) is 5.82 Å². The molecule has 136 valence electrons. The zero-order valence-corrected chi connectivity index (χ0v) is 14.7. The Morgan fingerprint density at radius 2 is 2.00 bits per heavy atom. The first kappa shape index (κ1) is 16.0. The van der Waals surface area contributed by atoms with Gasteiger partial charge in [0, 0.05) is 36.5 Å². The lowest BCUT2D eigenvalue weighted by Crippen LogP contribution is -2.33. The molecule has 0 radical (unpaired) electrons. The standard InChI is InChI=1S/C20H19FN6/c21-15-3-1-2-14(10-15)17-11-25-26-18(17)13-5-8-27(9-6-13)20-16-4-7-22-19(16)23-12-24-20/h1-4,7,10-13H,5-6,8-9H2,(H,25,26)(H,22,23,24). The number of hydrogen-bond donors (Lipinski definition) is 2. The highest BCUT2D eigenvalue weighted by molar-refractivity contribution is 5.87. The first-order valence-corrected chi connectivity index (χ1v) is 9.12. The number of halogens is 1. The Morgan fingerprint density at radius 1 is 1.11 bits per heavy atom. The fourth-order valence-electron chi connectivity index (χ4n) is 3.98. The quantitative estimate of drug-likeness (QED) is 0.580. The second kappa shape index (κ2) is 6.50. The number of benzene rings is 1. The predicted octanol–water partition coefficient (Wildman–Crippen LogP) is 3.87. The van der Waals surface area contributed by atoms with Gasteiger partial charge in [0.2, 0.25) is 0 Å². The van der Waals surface area contributed by atoms with Gasteiger partial charge in [-0.25, -0.2) is 14.4 Å². The van der Waals surface area contributed by atoms with Crippen LogP contribution in [0.5, 0.6) is 0 Å². The van der Waals surface area contributed by atoms with E-state index in [9.17, 15) is 4.39 Å². The normalized spacial score (nSPS) is 15.5. The van der Waals surface area contributed by atoms with Crippen LogP contribution in [-0.2, 0) is 0 Å². The van der Waals surface area contributed by atoms with Crippen molar-refractivity contribution in [3.8, 4) is 11.1 Å². The summed E-state index contributed by atoms with van der Waals surface area (Å²) < 4.78 is 13.6. The van der Waals surface area contributed by atoms with Crippen LogP contribution < -0.4 is 4.90 Å². The highest BCUT2D eigenvalue weighted by Gasteiger charge is 2.26. The second-order valence-corrected chi connectivity index (χ2v) is 6.91. The number of fused-ring (bicyclic) bond motifs is 1. The molecule has 6 nitrogen and oxygen atoms in total. The average molecular weight is 362 g/mol. The van der Waals surface area contributed by atoms with E-state index in [1.165, 1.54) is 6.07 Å². The molecule has 7 heteroatoms. The Bertz CT molecular complexity index is 1080. The number of H-pyrrole nitrogens is 2. The minimum absolute atomic E-state index is 0.228. The summed E-state index contributed by atoms with van der Waals surface area (Å²) in [6, 6.07) is 8.71. The summed E-state index contributed by atoms with van der Waals surface area (Å²) >= 11 is 0. The lowest BCUT2D eigenvalue weighted by molar-refractivity contribution is 0.494. The van der Waals surface area contributed by atoms with Crippen molar-refractivity contribution < 1.29 is 4.39 Å². The van der Waals surface area contributed by atoms with Gasteiger partial charge in [-0.05, 0) is 36.6 Å². The molecule has 0 aliphatic carbocycles. The summed E-state index contributed by atoms with van der Waals surface area (Å²) in [5.41, 5.74) is 3.81. The monoisotopic (exact) mass is 362 g/mol. The smallest absolute Gasteiger partial charge is 0.142 e. The summed E-state index contributed by atoms with van der Waals surface area (Å²) in [5, 5.41) is 8.43. The van der Waals surface area contributed by atoms with Gasteiger partial charge < -0.3 is 9.88 Å². The second-order valence-electron chi connectivity index (χ2n) is 6.91. The van der Waals surface area contributed by atoms with Gasteiger partial charge in [-0.3, -0.25) is 5.10 Å². The molecule has 0 spiro atoms. The topological polar surface area (TPSA) is 73.5 Å². The lowest BCUT2D eigenvalue weighted by Gasteiger charge is -2.33. The van der Waals surface area contributed by atoms with Crippen LogP contribution in [-0.4, -0.2) is 38.2 Å². The molecule has 1 fully saturated rings. The van der Waals surface area contributed by atoms with Gasteiger partial charge in [-0.1, -0.05) is 12.1 Å². The minimum atomic E-state index is -0.228. The zero-order chi connectivity index (χ0) is 18.2. The number of aromatic amines is 2. The Kier molecular flexibility index (Phi) is 3.85. The fourth-order valence-corrected chi connectivity index (χ4v) is 3.98. The number of piperidine rings is 1. The number of nitrogens with zero attached hydrogens (tertiary/aromatic N) is 4. The number of nitrogens with one attached hydrogen (secondary N) is 2. The molecular weight excluding hydrogens is 343 g/mol. The van der Waals surface area contributed by atoms with Crippen LogP contribution in [0.4, 0.5) is 10.2 Å². The summed E-state index contributed by atoms with van der Waals surface area (Å²) in [6.45, 7) is 1.81. The maximum atomic E-state index is 13.6. The van der Waals surface area contributed by atoms with Gasteiger partial charge >= 0.3 is 0 Å². The largest absolute Gasteiger partial charge is 0.356 e. The van der Waals surface area contributed by atoms with Crippen molar-refractivity contribution in [2.24, 2.45) is 0 Å². The van der Waals surface area contributed by atoms with Crippen LogP contribution in [0.1, 0.15) is 24.5 Å². The average Bonchev–Trinajstić information content (AvgIpc) is 3.37. The van der Waals surface area contributed by atoms with Gasteiger partial charge in [0.25, 0.3) is 0 Å². The number of anilines is 1. The van der Waals surface area contributed by atoms with Crippen LogP contribution in [0.2, 0.25) is 0 Å². The van der Waals surface area contributed by atoms with E-state index in [2.05, 4.69) is 30.0 Å². The van der Waals surface area contributed by atoms with Gasteiger partial charge in [0.1, 0.15) is 23.6 Å². The third-order valence-corrected chi connectivity index (χ3v) is 5.34. The fraction of sp³-hybridized carbons (Fsp3) is 0.250. The molecule has 4 heterocycles. The molecular formula is C20H19FN6. The predicted molar refractivity (Wildman–Crippen MR) is 102 cm³/mol. The van der Waals surface area contributed by atoms with Crippen molar-refractivity contribution in [3.63, 3.8) is 0 Å². The molecule has 2 N–H and O–H groups in total. The summed E-state index contributed by atoms with van der Waals surface area (Å²) in [5.74, 6) is 1.12. The summed E-state index contributed by atoms with van der Waals surface area (Å²) in [6.07, 6.45) is 7.27. The van der Waals surface area contributed by atoms with Gasteiger partial charge in [0.05, 0.1) is 11.6 Å². The molecule has 3 aromatic heterocycles. The maximum absolute atomic E-state index is 13.6. The highest BCUT2D eigenvalue weighted by atomic mass is 19.1. The van der Waals surface area contributed by atoms with Crippen LogP contribution in [0, 0.1) is 5.82 Å². The third kappa shape index (κ3) is 2.85. The maximum Gasteiger partial charge on any atom is 0.142 e. The first-order valence-electron chi connectivity index (χ1n) is 9.12. The van der Waals surface area contributed by atoms with E-state index in [0.29, 0.717) is 5.92 Å². The third-order valence-electron chi connectivity index (χ3n) is 5.34. The zero-order valence-electron chi connectivity index (χ0n) is 14.7. The van der Waals surface area contributed by atoms with E-state index in [1.807, 2.05) is 18.3 Å². The Morgan fingerprint density at radius 3 is 2.85 bits per heavy atom. The number of hydrogen-bond acceptors (Lipinski definition) is 4. The van der Waals surface area contributed by atoms with E-state index >= 15 is 0 Å². The Balaban J connectivity index is 1.37. The number of rotatable bonds is 3. The Labute approximate surface area is 155 Å². The van der Waals surface area contributed by atoms with Crippen molar-refractivity contribution in [2.75, 3.05) is 18.0 Å². The summed E-state index contributed by atoms with van der Waals surface area (Å²) in [7, 11) is 0. The molecule has 0 bridgehead atoms. The van der Waals surface area contributed by atoms with Crippen molar-refractivity contribution in [1.82, 2.24) is 25.1 Å². The van der Waals surface area contributed by atoms with Crippen LogP contribution >= 0.6 is 0 Å². The minimum Gasteiger partial charge on any atom is -0.356 e. The molecule has 27 heavy (non-hydrogen) atoms. The molecule has 5 rings (SSSR count). The SMILES string of the molecule is Fc1cccc(-c2cn[nH]c2C2CCN(c3ncnc4[nH]ccc34)CC2)c1. The molecule has 1 aliphatic rings. The van der Waals surface area contributed by atoms with Crippen molar-refractivity contribution in [2.45, 2.75) is 18.8 Å².